The van der Waals surface area contributed by atoms with E-state index in [1.807, 2.05) is 24.3 Å². The molecule has 154 valence electrons. The van der Waals surface area contributed by atoms with Gasteiger partial charge < -0.3 is 14.4 Å². The van der Waals surface area contributed by atoms with E-state index in [9.17, 15) is 9.59 Å². The summed E-state index contributed by atoms with van der Waals surface area (Å²) in [5.41, 5.74) is 3.85. The molecule has 0 saturated carbocycles. The van der Waals surface area contributed by atoms with Gasteiger partial charge in [0.2, 0.25) is 0 Å². The molecule has 5 nitrogen and oxygen atoms in total. The van der Waals surface area contributed by atoms with Crippen LogP contribution in [-0.2, 0) is 14.3 Å². The fraction of sp³-hybridized carbons (Fsp3) is 0.360. The van der Waals surface area contributed by atoms with Crippen molar-refractivity contribution >= 4 is 12.1 Å². The Bertz CT molecular complexity index is 963. The molecule has 2 aromatic carbocycles. The molecule has 1 unspecified atom stereocenters. The van der Waals surface area contributed by atoms with Gasteiger partial charge in [-0.05, 0) is 35.1 Å². The lowest BCUT2D eigenvalue weighted by atomic mass is 9.77. The minimum atomic E-state index is -0.854. The first kappa shape index (κ1) is 20.0. The number of amides is 1. The molecule has 1 aliphatic heterocycles. The Labute approximate surface area is 177 Å². The molecule has 0 N–H and O–H groups in total. The number of likely N-dealkylation sites (tertiary alicyclic amines) is 1. The summed E-state index contributed by atoms with van der Waals surface area (Å²) in [6, 6.07) is 16.4. The van der Waals surface area contributed by atoms with E-state index in [1.54, 1.807) is 4.90 Å². The lowest BCUT2D eigenvalue weighted by Gasteiger charge is -2.39. The van der Waals surface area contributed by atoms with Gasteiger partial charge in [-0.2, -0.15) is 0 Å². The van der Waals surface area contributed by atoms with Gasteiger partial charge >= 0.3 is 12.1 Å². The van der Waals surface area contributed by atoms with Crippen molar-refractivity contribution in [3.63, 3.8) is 0 Å². The van der Waals surface area contributed by atoms with E-state index in [0.29, 0.717) is 19.4 Å². The number of terminal acetylenes is 1. The molecule has 1 heterocycles. The van der Waals surface area contributed by atoms with Crippen LogP contribution >= 0.6 is 0 Å². The lowest BCUT2D eigenvalue weighted by molar-refractivity contribution is -0.155. The van der Waals surface area contributed by atoms with Gasteiger partial charge in [-0.15, -0.1) is 12.3 Å². The maximum atomic E-state index is 12.9. The number of methoxy groups -OCH3 is 1. The van der Waals surface area contributed by atoms with Crippen molar-refractivity contribution in [1.82, 2.24) is 4.90 Å². The average molecular weight is 403 g/mol. The van der Waals surface area contributed by atoms with Gasteiger partial charge in [-0.1, -0.05) is 48.5 Å². The molecule has 1 aliphatic carbocycles. The molecule has 2 aromatic rings. The molecule has 0 bridgehead atoms. The van der Waals surface area contributed by atoms with Gasteiger partial charge in [0.1, 0.15) is 6.61 Å². The van der Waals surface area contributed by atoms with E-state index in [-0.39, 0.29) is 31.5 Å². The average Bonchev–Trinajstić information content (AvgIpc) is 3.11. The smallest absolute Gasteiger partial charge is 0.409 e. The third kappa shape index (κ3) is 3.43. The molecule has 0 radical (unpaired) electrons. The summed E-state index contributed by atoms with van der Waals surface area (Å²) in [5.74, 6) is 2.21. The van der Waals surface area contributed by atoms with Crippen LogP contribution in [0, 0.1) is 17.8 Å². The summed E-state index contributed by atoms with van der Waals surface area (Å²) in [6.07, 6.45) is 6.62. The Morgan fingerprint density at radius 3 is 2.37 bits per heavy atom. The number of rotatable bonds is 4. The molecule has 5 heteroatoms. The summed E-state index contributed by atoms with van der Waals surface area (Å²) >= 11 is 0. The molecular formula is C25H25NO4. The van der Waals surface area contributed by atoms with E-state index in [1.165, 1.54) is 29.4 Å². The van der Waals surface area contributed by atoms with Gasteiger partial charge in [0.15, 0.2) is 0 Å². The SMILES string of the molecule is C#CCC1(C(=O)OC)CCCN(C(=O)OCC2c3ccccc3-c3ccccc32)C1. The van der Waals surface area contributed by atoms with E-state index in [0.717, 1.165) is 0 Å². The molecule has 4 rings (SSSR count). The highest BCUT2D eigenvalue weighted by atomic mass is 16.6. The molecule has 1 fully saturated rings. The number of ether oxygens (including phenoxy) is 2. The van der Waals surface area contributed by atoms with E-state index >= 15 is 0 Å². The van der Waals surface area contributed by atoms with Crippen LogP contribution < -0.4 is 0 Å². The van der Waals surface area contributed by atoms with E-state index in [2.05, 4.69) is 30.2 Å². The lowest BCUT2D eigenvalue weighted by Crippen LogP contribution is -2.50. The van der Waals surface area contributed by atoms with Gasteiger partial charge in [0.05, 0.1) is 12.5 Å². The third-order valence-electron chi connectivity index (χ3n) is 6.23. The highest BCUT2D eigenvalue weighted by molar-refractivity contribution is 5.80. The van der Waals surface area contributed by atoms with E-state index < -0.39 is 11.5 Å². The number of carbonyl (C=O) groups is 2. The third-order valence-corrected chi connectivity index (χ3v) is 6.23. The predicted octanol–water partition coefficient (Wildman–Crippen LogP) is 4.21. The number of piperidine rings is 1. The predicted molar refractivity (Wildman–Crippen MR) is 114 cm³/mol. The van der Waals surface area contributed by atoms with E-state index in [4.69, 9.17) is 15.9 Å². The fourth-order valence-electron chi connectivity index (χ4n) is 4.77. The van der Waals surface area contributed by atoms with Crippen molar-refractivity contribution in [1.29, 1.82) is 0 Å². The highest BCUT2D eigenvalue weighted by Gasteiger charge is 2.44. The van der Waals surface area contributed by atoms with Gasteiger partial charge in [0.25, 0.3) is 0 Å². The van der Waals surface area contributed by atoms with Crippen LogP contribution in [-0.4, -0.2) is 43.8 Å². The summed E-state index contributed by atoms with van der Waals surface area (Å²) in [4.78, 5) is 26.9. The fourth-order valence-corrected chi connectivity index (χ4v) is 4.77. The van der Waals surface area contributed by atoms with Crippen molar-refractivity contribution in [3.8, 4) is 23.5 Å². The van der Waals surface area contributed by atoms with Crippen molar-refractivity contribution in [2.75, 3.05) is 26.8 Å². The Balaban J connectivity index is 1.49. The minimum Gasteiger partial charge on any atom is -0.469 e. The first-order valence-corrected chi connectivity index (χ1v) is 10.2. The minimum absolute atomic E-state index is 0.00205. The molecule has 0 spiro atoms. The Morgan fingerprint density at radius 2 is 1.77 bits per heavy atom. The zero-order chi connectivity index (χ0) is 21.1. The van der Waals surface area contributed by atoms with Crippen LogP contribution in [0.5, 0.6) is 0 Å². The zero-order valence-electron chi connectivity index (χ0n) is 17.1. The zero-order valence-corrected chi connectivity index (χ0v) is 17.1. The van der Waals surface area contributed by atoms with Crippen LogP contribution in [0.2, 0.25) is 0 Å². The molecule has 30 heavy (non-hydrogen) atoms. The second-order valence-corrected chi connectivity index (χ2v) is 7.98. The first-order valence-electron chi connectivity index (χ1n) is 10.2. The second kappa shape index (κ2) is 8.23. The summed E-state index contributed by atoms with van der Waals surface area (Å²) in [5, 5.41) is 0. The molecule has 2 aliphatic rings. The topological polar surface area (TPSA) is 55.8 Å². The number of fused-ring (bicyclic) bond motifs is 3. The van der Waals surface area contributed by atoms with Gasteiger partial charge in [0, 0.05) is 25.4 Å². The number of hydrogen-bond acceptors (Lipinski definition) is 4. The number of esters is 1. The van der Waals surface area contributed by atoms with Gasteiger partial charge in [-0.3, -0.25) is 4.79 Å². The highest BCUT2D eigenvalue weighted by Crippen LogP contribution is 2.44. The Kier molecular flexibility index (Phi) is 5.50. The second-order valence-electron chi connectivity index (χ2n) is 7.98. The standard InChI is InChI=1S/C25H25NO4/c1-3-13-25(23(27)29-2)14-8-15-26(17-25)24(28)30-16-22-20-11-6-4-9-18(20)19-10-5-7-12-21(19)22/h1,4-7,9-12,22H,8,13-17H2,2H3. The maximum absolute atomic E-state index is 12.9. The number of benzene rings is 2. The normalized spacial score (nSPS) is 20.1. The monoisotopic (exact) mass is 403 g/mol. The van der Waals surface area contributed by atoms with Crippen LogP contribution in [0.4, 0.5) is 4.79 Å². The number of nitrogens with zero attached hydrogens (tertiary/aromatic N) is 1. The summed E-state index contributed by atoms with van der Waals surface area (Å²) in [7, 11) is 1.35. The molecule has 1 saturated heterocycles. The molecule has 0 aromatic heterocycles. The van der Waals surface area contributed by atoms with Crippen LogP contribution in [0.25, 0.3) is 11.1 Å². The Morgan fingerprint density at radius 1 is 1.13 bits per heavy atom. The first-order chi connectivity index (χ1) is 14.6. The maximum Gasteiger partial charge on any atom is 0.409 e. The number of hydrogen-bond donors (Lipinski definition) is 0. The molecule has 1 amide bonds. The Hall–Kier alpha value is -3.26. The van der Waals surface area contributed by atoms with Crippen LogP contribution in [0.1, 0.15) is 36.3 Å². The molecule has 1 atom stereocenters. The van der Waals surface area contributed by atoms with Crippen LogP contribution in [0.3, 0.4) is 0 Å². The number of carbonyl (C=O) groups excluding carboxylic acids is 2. The van der Waals surface area contributed by atoms with Crippen molar-refractivity contribution in [2.24, 2.45) is 5.41 Å². The van der Waals surface area contributed by atoms with Gasteiger partial charge in [-0.25, -0.2) is 4.79 Å². The summed E-state index contributed by atoms with van der Waals surface area (Å²) < 4.78 is 10.7. The summed E-state index contributed by atoms with van der Waals surface area (Å²) in [6.45, 7) is 1.02. The largest absolute Gasteiger partial charge is 0.469 e. The van der Waals surface area contributed by atoms with Crippen molar-refractivity contribution < 1.29 is 19.1 Å². The van der Waals surface area contributed by atoms with Crippen molar-refractivity contribution in [2.45, 2.75) is 25.2 Å². The molecular weight excluding hydrogens is 378 g/mol. The quantitative estimate of drug-likeness (QED) is 0.567. The van der Waals surface area contributed by atoms with Crippen molar-refractivity contribution in [3.05, 3.63) is 59.7 Å². The van der Waals surface area contributed by atoms with Crippen LogP contribution in [0.15, 0.2) is 48.5 Å².